The summed E-state index contributed by atoms with van der Waals surface area (Å²) in [5.41, 5.74) is 10.0. The number of carbonyl (C=O) groups excluding carboxylic acids is 1. The van der Waals surface area contributed by atoms with Crippen molar-refractivity contribution in [2.24, 2.45) is 11.1 Å². The zero-order valence-electron chi connectivity index (χ0n) is 19.0. The molecule has 1 aromatic heterocycles. The Morgan fingerprint density at radius 1 is 1.06 bits per heavy atom. The molecule has 0 spiro atoms. The van der Waals surface area contributed by atoms with Crippen LogP contribution in [0.15, 0.2) is 67.0 Å². The summed E-state index contributed by atoms with van der Waals surface area (Å²) in [6.07, 6.45) is 6.22. The van der Waals surface area contributed by atoms with Crippen molar-refractivity contribution in [1.82, 2.24) is 14.9 Å². The molecule has 0 bridgehead atoms. The molecule has 2 aromatic carbocycles. The molecule has 3 aromatic rings. The molecule has 32 heavy (non-hydrogen) atoms. The van der Waals surface area contributed by atoms with Crippen LogP contribution in [0.4, 0.5) is 0 Å². The fraction of sp³-hybridized carbons (Fsp3) is 0.370. The molecular weight excluding hydrogens is 396 g/mol. The van der Waals surface area contributed by atoms with E-state index >= 15 is 0 Å². The number of piperidine rings is 1. The lowest BCUT2D eigenvalue weighted by atomic mass is 9.73. The second-order valence-electron chi connectivity index (χ2n) is 9.26. The van der Waals surface area contributed by atoms with Crippen LogP contribution in [-0.2, 0) is 17.8 Å². The molecular formula is C27H32N4O. The van der Waals surface area contributed by atoms with Gasteiger partial charge in [0.2, 0.25) is 5.91 Å². The smallest absolute Gasteiger partial charge is 0.225 e. The molecule has 1 atom stereocenters. The SMILES string of the molecule is CC(C)c1ncc(CN2CCCC(Cc3ccccc3-c3ccccc3)(C(N)=O)C2)cn1. The molecule has 5 nitrogen and oxygen atoms in total. The Labute approximate surface area is 190 Å². The molecule has 1 aliphatic heterocycles. The van der Waals surface area contributed by atoms with E-state index in [0.29, 0.717) is 18.9 Å². The first kappa shape index (κ1) is 22.2. The van der Waals surface area contributed by atoms with Crippen LogP contribution in [-0.4, -0.2) is 33.9 Å². The van der Waals surface area contributed by atoms with Gasteiger partial charge < -0.3 is 5.73 Å². The van der Waals surface area contributed by atoms with Crippen molar-refractivity contribution in [1.29, 1.82) is 0 Å². The highest BCUT2D eigenvalue weighted by atomic mass is 16.1. The first-order valence-corrected chi connectivity index (χ1v) is 11.4. The van der Waals surface area contributed by atoms with E-state index in [-0.39, 0.29) is 5.91 Å². The zero-order chi connectivity index (χ0) is 22.6. The molecule has 2 N–H and O–H groups in total. The van der Waals surface area contributed by atoms with Crippen molar-refractivity contribution in [2.45, 2.75) is 45.6 Å². The Morgan fingerprint density at radius 2 is 1.75 bits per heavy atom. The van der Waals surface area contributed by atoms with Gasteiger partial charge in [-0.25, -0.2) is 9.97 Å². The van der Waals surface area contributed by atoms with Crippen LogP contribution in [0.1, 0.15) is 49.6 Å². The first-order chi connectivity index (χ1) is 15.5. The summed E-state index contributed by atoms with van der Waals surface area (Å²) in [4.78, 5) is 24.1. The molecule has 4 rings (SSSR count). The van der Waals surface area contributed by atoms with Gasteiger partial charge in [-0.2, -0.15) is 0 Å². The van der Waals surface area contributed by atoms with E-state index in [1.807, 2.05) is 36.7 Å². The van der Waals surface area contributed by atoms with Crippen molar-refractivity contribution in [3.05, 3.63) is 83.9 Å². The second kappa shape index (κ2) is 9.61. The zero-order valence-corrected chi connectivity index (χ0v) is 19.0. The van der Waals surface area contributed by atoms with Crippen LogP contribution in [0.3, 0.4) is 0 Å². The minimum Gasteiger partial charge on any atom is -0.369 e. The lowest BCUT2D eigenvalue weighted by Gasteiger charge is -2.41. The number of hydrogen-bond donors (Lipinski definition) is 1. The van der Waals surface area contributed by atoms with Crippen LogP contribution in [0.5, 0.6) is 0 Å². The fourth-order valence-electron chi connectivity index (χ4n) is 4.74. The third kappa shape index (κ3) is 4.89. The van der Waals surface area contributed by atoms with Crippen molar-refractivity contribution in [3.8, 4) is 11.1 Å². The average molecular weight is 429 g/mol. The third-order valence-corrected chi connectivity index (χ3v) is 6.46. The maximum atomic E-state index is 12.8. The molecule has 1 aliphatic rings. The highest BCUT2D eigenvalue weighted by Gasteiger charge is 2.41. The largest absolute Gasteiger partial charge is 0.369 e. The molecule has 1 unspecified atom stereocenters. The summed E-state index contributed by atoms with van der Waals surface area (Å²) in [5.74, 6) is 0.957. The van der Waals surface area contributed by atoms with Gasteiger partial charge in [-0.05, 0) is 42.5 Å². The minimum atomic E-state index is -0.581. The highest BCUT2D eigenvalue weighted by molar-refractivity contribution is 5.82. The number of likely N-dealkylation sites (tertiary alicyclic amines) is 1. The van der Waals surface area contributed by atoms with Crippen molar-refractivity contribution in [2.75, 3.05) is 13.1 Å². The first-order valence-electron chi connectivity index (χ1n) is 11.4. The molecule has 0 saturated carbocycles. The summed E-state index contributed by atoms with van der Waals surface area (Å²) in [5, 5.41) is 0. The van der Waals surface area contributed by atoms with Gasteiger partial charge in [-0.1, -0.05) is 68.4 Å². The quantitative estimate of drug-likeness (QED) is 0.598. The van der Waals surface area contributed by atoms with Gasteiger partial charge >= 0.3 is 0 Å². The Hall–Kier alpha value is -3.05. The van der Waals surface area contributed by atoms with Crippen molar-refractivity contribution in [3.63, 3.8) is 0 Å². The van der Waals surface area contributed by atoms with Crippen molar-refractivity contribution >= 4 is 5.91 Å². The number of aromatic nitrogens is 2. The van der Waals surface area contributed by atoms with E-state index in [1.165, 1.54) is 11.1 Å². The van der Waals surface area contributed by atoms with Gasteiger partial charge in [0.05, 0.1) is 5.41 Å². The normalized spacial score (nSPS) is 19.2. The van der Waals surface area contributed by atoms with E-state index in [4.69, 9.17) is 5.73 Å². The van der Waals surface area contributed by atoms with Crippen LogP contribution in [0.25, 0.3) is 11.1 Å². The van der Waals surface area contributed by atoms with Crippen LogP contribution >= 0.6 is 0 Å². The number of nitrogens with two attached hydrogens (primary N) is 1. The van der Waals surface area contributed by atoms with E-state index in [1.54, 1.807) is 0 Å². The molecule has 166 valence electrons. The third-order valence-electron chi connectivity index (χ3n) is 6.46. The van der Waals surface area contributed by atoms with E-state index in [2.05, 4.69) is 59.0 Å². The number of amides is 1. The number of hydrogen-bond acceptors (Lipinski definition) is 4. The fourth-order valence-corrected chi connectivity index (χ4v) is 4.74. The highest BCUT2D eigenvalue weighted by Crippen LogP contribution is 2.37. The van der Waals surface area contributed by atoms with Gasteiger partial charge in [0.25, 0.3) is 0 Å². The maximum absolute atomic E-state index is 12.8. The van der Waals surface area contributed by atoms with Gasteiger partial charge in [0.15, 0.2) is 0 Å². The average Bonchev–Trinajstić information content (AvgIpc) is 2.80. The molecule has 1 saturated heterocycles. The van der Waals surface area contributed by atoms with E-state index in [0.717, 1.165) is 42.9 Å². The number of primary amides is 1. The second-order valence-corrected chi connectivity index (χ2v) is 9.26. The number of nitrogens with zero attached hydrogens (tertiary/aromatic N) is 3. The molecule has 2 heterocycles. The molecule has 0 radical (unpaired) electrons. The van der Waals surface area contributed by atoms with E-state index < -0.39 is 5.41 Å². The number of benzene rings is 2. The lowest BCUT2D eigenvalue weighted by molar-refractivity contribution is -0.131. The van der Waals surface area contributed by atoms with Gasteiger partial charge in [-0.3, -0.25) is 9.69 Å². The van der Waals surface area contributed by atoms with Gasteiger partial charge in [-0.15, -0.1) is 0 Å². The van der Waals surface area contributed by atoms with Gasteiger partial charge in [0, 0.05) is 37.0 Å². The molecule has 0 aliphatic carbocycles. The topological polar surface area (TPSA) is 72.1 Å². The Balaban J connectivity index is 1.56. The summed E-state index contributed by atoms with van der Waals surface area (Å²) in [7, 11) is 0. The Morgan fingerprint density at radius 3 is 2.44 bits per heavy atom. The minimum absolute atomic E-state index is 0.212. The standard InChI is InChI=1S/C27H32N4O/c1-20(2)25-29-16-21(17-30-25)18-31-14-8-13-27(19-31,26(28)32)15-23-11-6-7-12-24(23)22-9-4-3-5-10-22/h3-7,9-12,16-17,20H,8,13-15,18-19H2,1-2H3,(H2,28,32). The summed E-state index contributed by atoms with van der Waals surface area (Å²) >= 11 is 0. The molecule has 1 amide bonds. The Kier molecular flexibility index (Phi) is 6.66. The summed E-state index contributed by atoms with van der Waals surface area (Å²) in [6.45, 7) is 6.51. The molecule has 1 fully saturated rings. The predicted octanol–water partition coefficient (Wildman–Crippen LogP) is 4.58. The molecule has 5 heteroatoms. The number of rotatable bonds is 7. The monoisotopic (exact) mass is 428 g/mol. The predicted molar refractivity (Wildman–Crippen MR) is 128 cm³/mol. The van der Waals surface area contributed by atoms with Gasteiger partial charge in [0.1, 0.15) is 5.82 Å². The van der Waals surface area contributed by atoms with Crippen LogP contribution < -0.4 is 5.73 Å². The van der Waals surface area contributed by atoms with Crippen molar-refractivity contribution < 1.29 is 4.79 Å². The van der Waals surface area contributed by atoms with Crippen LogP contribution in [0.2, 0.25) is 0 Å². The number of carbonyl (C=O) groups is 1. The van der Waals surface area contributed by atoms with E-state index in [9.17, 15) is 4.79 Å². The summed E-state index contributed by atoms with van der Waals surface area (Å²) < 4.78 is 0. The maximum Gasteiger partial charge on any atom is 0.225 e. The van der Waals surface area contributed by atoms with Crippen LogP contribution in [0, 0.1) is 5.41 Å². The summed E-state index contributed by atoms with van der Waals surface area (Å²) in [6, 6.07) is 18.7. The Bertz CT molecular complexity index is 1050. The lowest BCUT2D eigenvalue weighted by Crippen LogP contribution is -2.51.